The Morgan fingerprint density at radius 1 is 1.03 bits per heavy atom. The Kier molecular flexibility index (Phi) is 7.18. The van der Waals surface area contributed by atoms with Crippen LogP contribution < -0.4 is 16.0 Å². The van der Waals surface area contributed by atoms with Crippen molar-refractivity contribution in [3.05, 3.63) is 88.4 Å². The van der Waals surface area contributed by atoms with Crippen molar-refractivity contribution in [1.29, 1.82) is 5.26 Å². The fraction of sp³-hybridized carbons (Fsp3) is 0.296. The van der Waals surface area contributed by atoms with Crippen LogP contribution in [0.15, 0.2) is 77.3 Å². The Balaban J connectivity index is 1.90. The van der Waals surface area contributed by atoms with Crippen molar-refractivity contribution >= 4 is 17.6 Å². The quantitative estimate of drug-likeness (QED) is 0.638. The molecule has 2 heterocycles. The van der Waals surface area contributed by atoms with Gasteiger partial charge in [0.1, 0.15) is 11.5 Å². The summed E-state index contributed by atoms with van der Waals surface area (Å²) in [5, 5.41) is 13.5. The number of nitrogens with zero attached hydrogens (tertiary/aromatic N) is 2. The summed E-state index contributed by atoms with van der Waals surface area (Å²) in [6, 6.07) is 18.8. The highest BCUT2D eigenvalue weighted by Crippen LogP contribution is 2.43. The summed E-state index contributed by atoms with van der Waals surface area (Å²) in [6.07, 6.45) is 2.20. The molecule has 1 saturated heterocycles. The summed E-state index contributed by atoms with van der Waals surface area (Å²) in [6.45, 7) is 1.93. The molecule has 180 valence electrons. The Hall–Kier alpha value is -4.09. The Labute approximate surface area is 204 Å². The zero-order chi connectivity index (χ0) is 24.9. The molecule has 8 heteroatoms. The van der Waals surface area contributed by atoms with Gasteiger partial charge in [0.25, 0.3) is 0 Å². The maximum atomic E-state index is 13.1. The SMILES string of the molecule is COC(=O)C1=C(C(=O)OC)N(c2ccc(C3CCCNC3)cc2)C(N)=C(C#N)C1c1ccccc1. The number of carbonyl (C=O) groups excluding carboxylic acids is 2. The van der Waals surface area contributed by atoms with E-state index >= 15 is 0 Å². The van der Waals surface area contributed by atoms with E-state index in [1.165, 1.54) is 24.7 Å². The minimum Gasteiger partial charge on any atom is -0.466 e. The molecule has 8 nitrogen and oxygen atoms in total. The van der Waals surface area contributed by atoms with E-state index in [1.807, 2.05) is 30.3 Å². The first-order valence-electron chi connectivity index (χ1n) is 11.5. The zero-order valence-corrected chi connectivity index (χ0v) is 19.8. The number of anilines is 1. The lowest BCUT2D eigenvalue weighted by atomic mass is 9.81. The van der Waals surface area contributed by atoms with Gasteiger partial charge in [0.05, 0.1) is 37.4 Å². The molecule has 2 aliphatic rings. The zero-order valence-electron chi connectivity index (χ0n) is 19.8. The van der Waals surface area contributed by atoms with Crippen LogP contribution in [0.3, 0.4) is 0 Å². The summed E-state index contributed by atoms with van der Waals surface area (Å²) in [5.41, 5.74) is 8.95. The van der Waals surface area contributed by atoms with Crippen molar-refractivity contribution in [3.63, 3.8) is 0 Å². The lowest BCUT2D eigenvalue weighted by Crippen LogP contribution is -2.40. The first kappa shape index (κ1) is 24.0. The van der Waals surface area contributed by atoms with E-state index in [1.54, 1.807) is 24.3 Å². The first-order chi connectivity index (χ1) is 17.0. The fourth-order valence-corrected chi connectivity index (χ4v) is 4.81. The molecule has 0 spiro atoms. The van der Waals surface area contributed by atoms with Crippen LogP contribution in [-0.2, 0) is 19.1 Å². The highest BCUT2D eigenvalue weighted by atomic mass is 16.5. The lowest BCUT2D eigenvalue weighted by Gasteiger charge is -2.36. The van der Waals surface area contributed by atoms with Crippen LogP contribution in [0.2, 0.25) is 0 Å². The van der Waals surface area contributed by atoms with Crippen molar-refractivity contribution in [2.24, 2.45) is 5.73 Å². The highest BCUT2D eigenvalue weighted by molar-refractivity contribution is 6.06. The Morgan fingerprint density at radius 3 is 2.29 bits per heavy atom. The predicted octanol–water partition coefficient (Wildman–Crippen LogP) is 3.05. The van der Waals surface area contributed by atoms with Gasteiger partial charge in [-0.1, -0.05) is 42.5 Å². The Morgan fingerprint density at radius 2 is 1.71 bits per heavy atom. The number of benzene rings is 2. The topological polar surface area (TPSA) is 118 Å². The third kappa shape index (κ3) is 4.51. The van der Waals surface area contributed by atoms with Gasteiger partial charge in [-0.05, 0) is 48.6 Å². The van der Waals surface area contributed by atoms with E-state index in [2.05, 4.69) is 11.4 Å². The number of methoxy groups -OCH3 is 2. The Bertz CT molecular complexity index is 1210. The highest BCUT2D eigenvalue weighted by Gasteiger charge is 2.43. The number of piperidine rings is 1. The molecule has 3 N–H and O–H groups in total. The third-order valence-electron chi connectivity index (χ3n) is 6.53. The number of hydrogen-bond donors (Lipinski definition) is 2. The lowest BCUT2D eigenvalue weighted by molar-refractivity contribution is -0.139. The number of nitriles is 1. The summed E-state index contributed by atoms with van der Waals surface area (Å²) < 4.78 is 10.1. The number of carbonyl (C=O) groups is 2. The number of nitrogens with one attached hydrogen (secondary N) is 1. The van der Waals surface area contributed by atoms with Gasteiger partial charge < -0.3 is 20.5 Å². The van der Waals surface area contributed by atoms with Gasteiger partial charge in [-0.15, -0.1) is 0 Å². The monoisotopic (exact) mass is 472 g/mol. The standard InChI is InChI=1S/C27H28N4O4/c1-34-26(32)23-22(18-7-4-3-5-8-18)21(15-28)25(29)31(24(23)27(33)35-2)20-12-10-17(11-13-20)19-9-6-14-30-16-19/h3-5,7-8,10-13,19,22,30H,6,9,14,16,29H2,1-2H3. The molecule has 0 aliphatic carbocycles. The second-order valence-electron chi connectivity index (χ2n) is 8.47. The van der Waals surface area contributed by atoms with Crippen molar-refractivity contribution < 1.29 is 19.1 Å². The first-order valence-corrected chi connectivity index (χ1v) is 11.5. The molecule has 0 saturated carbocycles. The van der Waals surface area contributed by atoms with Gasteiger partial charge in [0.2, 0.25) is 0 Å². The number of ether oxygens (including phenoxy) is 2. The van der Waals surface area contributed by atoms with Gasteiger partial charge in [-0.25, -0.2) is 9.59 Å². The normalized spacial score (nSPS) is 20.3. The summed E-state index contributed by atoms with van der Waals surface area (Å²) in [4.78, 5) is 27.6. The van der Waals surface area contributed by atoms with Crippen molar-refractivity contribution in [2.45, 2.75) is 24.7 Å². The number of rotatable bonds is 5. The van der Waals surface area contributed by atoms with Crippen LogP contribution in [-0.4, -0.2) is 39.2 Å². The molecule has 2 aliphatic heterocycles. The molecule has 2 atom stereocenters. The number of esters is 2. The van der Waals surface area contributed by atoms with Crippen LogP contribution in [0.4, 0.5) is 5.69 Å². The molecule has 0 amide bonds. The molecular formula is C27H28N4O4. The maximum Gasteiger partial charge on any atom is 0.355 e. The van der Waals surface area contributed by atoms with Crippen molar-refractivity contribution in [3.8, 4) is 6.07 Å². The summed E-state index contributed by atoms with van der Waals surface area (Å²) in [5.74, 6) is -1.93. The van der Waals surface area contributed by atoms with Crippen LogP contribution in [0.5, 0.6) is 0 Å². The second kappa shape index (κ2) is 10.5. The molecule has 0 radical (unpaired) electrons. The average molecular weight is 473 g/mol. The van der Waals surface area contributed by atoms with Crippen LogP contribution in [0, 0.1) is 11.3 Å². The predicted molar refractivity (Wildman–Crippen MR) is 131 cm³/mol. The molecular weight excluding hydrogens is 444 g/mol. The molecule has 0 aromatic heterocycles. The summed E-state index contributed by atoms with van der Waals surface area (Å²) in [7, 11) is 2.47. The fourth-order valence-electron chi connectivity index (χ4n) is 4.81. The molecule has 1 fully saturated rings. The van der Waals surface area contributed by atoms with Crippen LogP contribution in [0.25, 0.3) is 0 Å². The molecule has 2 unspecified atom stereocenters. The van der Waals surface area contributed by atoms with E-state index in [0.717, 1.165) is 25.9 Å². The maximum absolute atomic E-state index is 13.1. The minimum atomic E-state index is -0.883. The van der Waals surface area contributed by atoms with E-state index in [0.29, 0.717) is 17.2 Å². The molecule has 0 bridgehead atoms. The van der Waals surface area contributed by atoms with Gasteiger partial charge in [-0.3, -0.25) is 4.90 Å². The second-order valence-corrected chi connectivity index (χ2v) is 8.47. The summed E-state index contributed by atoms with van der Waals surface area (Å²) >= 11 is 0. The molecule has 4 rings (SSSR count). The molecule has 35 heavy (non-hydrogen) atoms. The smallest absolute Gasteiger partial charge is 0.355 e. The number of nitrogens with two attached hydrogens (primary N) is 1. The van der Waals surface area contributed by atoms with Gasteiger partial charge >= 0.3 is 11.9 Å². The molecule has 2 aromatic carbocycles. The number of allylic oxidation sites excluding steroid dienone is 1. The van der Waals surface area contributed by atoms with E-state index in [4.69, 9.17) is 15.2 Å². The van der Waals surface area contributed by atoms with Gasteiger partial charge in [0.15, 0.2) is 0 Å². The molecule has 2 aromatic rings. The van der Waals surface area contributed by atoms with Crippen LogP contribution in [0.1, 0.15) is 35.8 Å². The minimum absolute atomic E-state index is 0.00291. The van der Waals surface area contributed by atoms with E-state index < -0.39 is 17.9 Å². The van der Waals surface area contributed by atoms with Gasteiger partial charge in [0, 0.05) is 12.2 Å². The van der Waals surface area contributed by atoms with Gasteiger partial charge in [-0.2, -0.15) is 5.26 Å². The van der Waals surface area contributed by atoms with Crippen LogP contribution >= 0.6 is 0 Å². The third-order valence-corrected chi connectivity index (χ3v) is 6.53. The largest absolute Gasteiger partial charge is 0.466 e. The van der Waals surface area contributed by atoms with Crippen molar-refractivity contribution in [2.75, 3.05) is 32.2 Å². The van der Waals surface area contributed by atoms with E-state index in [9.17, 15) is 14.9 Å². The number of hydrogen-bond acceptors (Lipinski definition) is 8. The van der Waals surface area contributed by atoms with Crippen molar-refractivity contribution in [1.82, 2.24) is 5.32 Å². The average Bonchev–Trinajstić information content (AvgIpc) is 2.92. The van der Waals surface area contributed by atoms with E-state index in [-0.39, 0.29) is 22.7 Å².